The van der Waals surface area contributed by atoms with Gasteiger partial charge < -0.3 is 9.47 Å². The van der Waals surface area contributed by atoms with Crippen LogP contribution in [-0.2, 0) is 9.47 Å². The van der Waals surface area contributed by atoms with Gasteiger partial charge in [0.1, 0.15) is 5.60 Å². The van der Waals surface area contributed by atoms with Crippen LogP contribution in [0, 0.1) is 0 Å². The third-order valence-corrected chi connectivity index (χ3v) is 2.09. The number of rotatable bonds is 3. The summed E-state index contributed by atoms with van der Waals surface area (Å²) in [5, 5.41) is 2.58. The summed E-state index contributed by atoms with van der Waals surface area (Å²) < 4.78 is 10.2. The van der Waals surface area contributed by atoms with Crippen molar-refractivity contribution in [3.8, 4) is 0 Å². The van der Waals surface area contributed by atoms with E-state index in [-0.39, 0.29) is 6.10 Å². The predicted octanol–water partition coefficient (Wildman–Crippen LogP) is 3.60. The average Bonchev–Trinajstić information content (AvgIpc) is 2.25. The molecule has 0 saturated heterocycles. The molecule has 5 nitrogen and oxygen atoms in total. The lowest BCUT2D eigenvalue weighted by Gasteiger charge is -2.19. The van der Waals surface area contributed by atoms with Crippen molar-refractivity contribution in [2.45, 2.75) is 46.3 Å². The van der Waals surface area contributed by atoms with E-state index in [9.17, 15) is 9.59 Å². The number of hydrogen-bond donors (Lipinski definition) is 1. The second-order valence-corrected chi connectivity index (χ2v) is 5.66. The van der Waals surface area contributed by atoms with Crippen molar-refractivity contribution in [3.05, 3.63) is 29.8 Å². The molecule has 0 aliphatic rings. The fraction of sp³-hybridized carbons (Fsp3) is 0.467. The van der Waals surface area contributed by atoms with Crippen molar-refractivity contribution in [2.75, 3.05) is 5.32 Å². The zero-order valence-corrected chi connectivity index (χ0v) is 12.5. The smallest absolute Gasteiger partial charge is 0.412 e. The van der Waals surface area contributed by atoms with E-state index in [0.717, 1.165) is 0 Å². The van der Waals surface area contributed by atoms with Crippen molar-refractivity contribution in [2.24, 2.45) is 0 Å². The summed E-state index contributed by atoms with van der Waals surface area (Å²) >= 11 is 0. The van der Waals surface area contributed by atoms with Gasteiger partial charge in [0.2, 0.25) is 0 Å². The van der Waals surface area contributed by atoms with Crippen LogP contribution >= 0.6 is 0 Å². The Labute approximate surface area is 119 Å². The van der Waals surface area contributed by atoms with Crippen molar-refractivity contribution in [1.82, 2.24) is 0 Å². The third-order valence-electron chi connectivity index (χ3n) is 2.09. The van der Waals surface area contributed by atoms with Gasteiger partial charge in [0.05, 0.1) is 11.7 Å². The van der Waals surface area contributed by atoms with Gasteiger partial charge >= 0.3 is 12.1 Å². The van der Waals surface area contributed by atoms with Gasteiger partial charge in [0.25, 0.3) is 0 Å². The minimum absolute atomic E-state index is 0.190. The van der Waals surface area contributed by atoms with Gasteiger partial charge in [-0.1, -0.05) is 6.07 Å². The highest BCUT2D eigenvalue weighted by molar-refractivity contribution is 5.92. The second kappa shape index (κ2) is 6.41. The average molecular weight is 279 g/mol. The molecule has 0 aliphatic heterocycles. The van der Waals surface area contributed by atoms with E-state index >= 15 is 0 Å². The number of esters is 1. The first-order chi connectivity index (χ1) is 9.17. The van der Waals surface area contributed by atoms with E-state index in [1.165, 1.54) is 0 Å². The quantitative estimate of drug-likeness (QED) is 0.859. The van der Waals surface area contributed by atoms with Crippen LogP contribution in [0.5, 0.6) is 0 Å². The van der Waals surface area contributed by atoms with E-state index in [2.05, 4.69) is 5.32 Å². The standard InChI is InChI=1S/C15H21NO4/c1-10(2)19-13(17)11-7-6-8-12(9-11)16-14(18)20-15(3,4)5/h6-10H,1-5H3,(H,16,18). The Balaban J connectivity index is 2.73. The first-order valence-corrected chi connectivity index (χ1v) is 6.48. The molecular weight excluding hydrogens is 258 g/mol. The lowest BCUT2D eigenvalue weighted by atomic mass is 10.2. The van der Waals surface area contributed by atoms with Crippen LogP contribution in [-0.4, -0.2) is 23.8 Å². The number of amides is 1. The third kappa shape index (κ3) is 5.73. The van der Waals surface area contributed by atoms with E-state index in [0.29, 0.717) is 11.3 Å². The van der Waals surface area contributed by atoms with Crippen LogP contribution < -0.4 is 5.32 Å². The van der Waals surface area contributed by atoms with Crippen LogP contribution in [0.1, 0.15) is 45.0 Å². The predicted molar refractivity (Wildman–Crippen MR) is 76.9 cm³/mol. The Kier molecular flexibility index (Phi) is 5.13. The van der Waals surface area contributed by atoms with Crippen LogP contribution in [0.2, 0.25) is 0 Å². The molecular formula is C15H21NO4. The Hall–Kier alpha value is -2.04. The van der Waals surface area contributed by atoms with Crippen LogP contribution in [0.25, 0.3) is 0 Å². The maximum absolute atomic E-state index is 11.8. The zero-order chi connectivity index (χ0) is 15.3. The summed E-state index contributed by atoms with van der Waals surface area (Å²) in [6.45, 7) is 8.90. The van der Waals surface area contributed by atoms with Gasteiger partial charge in [-0.3, -0.25) is 5.32 Å². The summed E-state index contributed by atoms with van der Waals surface area (Å²) in [4.78, 5) is 23.4. The molecule has 0 aromatic heterocycles. The number of benzene rings is 1. The van der Waals surface area contributed by atoms with Crippen LogP contribution in [0.4, 0.5) is 10.5 Å². The van der Waals surface area contributed by atoms with E-state index < -0.39 is 17.7 Å². The second-order valence-electron chi connectivity index (χ2n) is 5.66. The molecule has 1 aromatic rings. The maximum atomic E-state index is 11.8. The number of anilines is 1. The molecule has 0 bridgehead atoms. The van der Waals surface area contributed by atoms with Crippen LogP contribution in [0.15, 0.2) is 24.3 Å². The largest absolute Gasteiger partial charge is 0.459 e. The first kappa shape index (κ1) is 16.0. The lowest BCUT2D eigenvalue weighted by molar-refractivity contribution is 0.0377. The molecule has 0 radical (unpaired) electrons. The van der Waals surface area contributed by atoms with Crippen molar-refractivity contribution < 1.29 is 19.1 Å². The molecule has 0 spiro atoms. The van der Waals surface area contributed by atoms with Gasteiger partial charge in [0, 0.05) is 5.69 Å². The molecule has 1 rings (SSSR count). The molecule has 5 heteroatoms. The molecule has 0 saturated carbocycles. The Morgan fingerprint density at radius 2 is 1.85 bits per heavy atom. The molecule has 110 valence electrons. The molecule has 0 aliphatic carbocycles. The summed E-state index contributed by atoms with van der Waals surface area (Å²) in [5.74, 6) is -0.423. The Morgan fingerprint density at radius 1 is 1.20 bits per heavy atom. The minimum Gasteiger partial charge on any atom is -0.459 e. The summed E-state index contributed by atoms with van der Waals surface area (Å²) in [6, 6.07) is 6.53. The highest BCUT2D eigenvalue weighted by Gasteiger charge is 2.17. The lowest BCUT2D eigenvalue weighted by Crippen LogP contribution is -2.27. The molecule has 0 fully saturated rings. The summed E-state index contributed by atoms with van der Waals surface area (Å²) in [6.07, 6.45) is -0.753. The SMILES string of the molecule is CC(C)OC(=O)c1cccc(NC(=O)OC(C)(C)C)c1. The minimum atomic E-state index is -0.571. The molecule has 1 N–H and O–H groups in total. The molecule has 20 heavy (non-hydrogen) atoms. The topological polar surface area (TPSA) is 64.6 Å². The van der Waals surface area contributed by atoms with Gasteiger partial charge in [-0.2, -0.15) is 0 Å². The Morgan fingerprint density at radius 3 is 2.40 bits per heavy atom. The molecule has 0 unspecified atom stereocenters. The molecule has 1 amide bonds. The number of hydrogen-bond acceptors (Lipinski definition) is 4. The zero-order valence-electron chi connectivity index (χ0n) is 12.5. The summed E-state index contributed by atoms with van der Waals surface area (Å²) in [5.41, 5.74) is 0.294. The maximum Gasteiger partial charge on any atom is 0.412 e. The summed E-state index contributed by atoms with van der Waals surface area (Å²) in [7, 11) is 0. The van der Waals surface area contributed by atoms with E-state index in [4.69, 9.17) is 9.47 Å². The first-order valence-electron chi connectivity index (χ1n) is 6.48. The Bertz CT molecular complexity index is 489. The normalized spacial score (nSPS) is 11.1. The fourth-order valence-corrected chi connectivity index (χ4v) is 1.43. The van der Waals surface area contributed by atoms with E-state index in [1.54, 1.807) is 58.9 Å². The van der Waals surface area contributed by atoms with Crippen molar-refractivity contribution >= 4 is 17.7 Å². The number of nitrogens with one attached hydrogen (secondary N) is 1. The van der Waals surface area contributed by atoms with E-state index in [1.807, 2.05) is 0 Å². The van der Waals surface area contributed by atoms with Gasteiger partial charge in [0.15, 0.2) is 0 Å². The van der Waals surface area contributed by atoms with Crippen molar-refractivity contribution in [3.63, 3.8) is 0 Å². The highest BCUT2D eigenvalue weighted by atomic mass is 16.6. The van der Waals surface area contributed by atoms with Crippen LogP contribution in [0.3, 0.4) is 0 Å². The fourth-order valence-electron chi connectivity index (χ4n) is 1.43. The molecule has 0 heterocycles. The highest BCUT2D eigenvalue weighted by Crippen LogP contribution is 2.14. The van der Waals surface area contributed by atoms with Gasteiger partial charge in [-0.05, 0) is 52.8 Å². The number of carbonyl (C=O) groups is 2. The number of carbonyl (C=O) groups excluding carboxylic acids is 2. The van der Waals surface area contributed by atoms with Gasteiger partial charge in [-0.15, -0.1) is 0 Å². The number of ether oxygens (including phenoxy) is 2. The molecule has 0 atom stereocenters. The molecule has 1 aromatic carbocycles. The van der Waals surface area contributed by atoms with Gasteiger partial charge in [-0.25, -0.2) is 9.59 Å². The monoisotopic (exact) mass is 279 g/mol. The van der Waals surface area contributed by atoms with Crippen molar-refractivity contribution in [1.29, 1.82) is 0 Å².